The van der Waals surface area contributed by atoms with Crippen molar-refractivity contribution in [3.8, 4) is 0 Å². The number of carbonyl (C=O) groups is 1. The molecule has 1 unspecified atom stereocenters. The summed E-state index contributed by atoms with van der Waals surface area (Å²) in [6.07, 6.45) is -0.0521. The molecule has 2 N–H and O–H groups in total. The predicted molar refractivity (Wildman–Crippen MR) is 87.0 cm³/mol. The van der Waals surface area contributed by atoms with E-state index in [0.717, 1.165) is 5.56 Å². The van der Waals surface area contributed by atoms with E-state index in [-0.39, 0.29) is 16.4 Å². The van der Waals surface area contributed by atoms with Crippen LogP contribution in [0.15, 0.2) is 39.5 Å². The maximum absolute atomic E-state index is 12.8. The van der Waals surface area contributed by atoms with Crippen LogP contribution in [0.25, 0.3) is 21.9 Å². The molecule has 23 heavy (non-hydrogen) atoms. The lowest BCUT2D eigenvalue weighted by atomic mass is 10.00. The second-order valence-corrected chi connectivity index (χ2v) is 5.53. The summed E-state index contributed by atoms with van der Waals surface area (Å²) in [5, 5.41) is 19.5. The first kappa shape index (κ1) is 15.2. The average molecular weight is 312 g/mol. The molecule has 1 heterocycles. The van der Waals surface area contributed by atoms with Crippen LogP contribution in [0.2, 0.25) is 0 Å². The quantitative estimate of drug-likeness (QED) is 0.725. The standard InChI is InChI=1S/C18H16O5/c1-3-10-6-12(9(2)19)8-14-16(20)13-7-11(18(21)22)4-5-15(13)23-17(10)14/h4-9,19H,3H2,1-2H3,(H,21,22). The number of aromatic carboxylic acids is 1. The van der Waals surface area contributed by atoms with Crippen LogP contribution in [0.4, 0.5) is 0 Å². The van der Waals surface area contributed by atoms with Crippen LogP contribution in [0.5, 0.6) is 0 Å². The Morgan fingerprint density at radius 3 is 2.57 bits per heavy atom. The van der Waals surface area contributed by atoms with E-state index in [4.69, 9.17) is 9.52 Å². The van der Waals surface area contributed by atoms with Crippen LogP contribution >= 0.6 is 0 Å². The van der Waals surface area contributed by atoms with Crippen LogP contribution in [0.1, 0.15) is 41.4 Å². The third-order valence-electron chi connectivity index (χ3n) is 3.98. The first-order valence-corrected chi connectivity index (χ1v) is 7.37. The van der Waals surface area contributed by atoms with E-state index in [1.807, 2.05) is 13.0 Å². The molecule has 0 aliphatic rings. The molecule has 5 nitrogen and oxygen atoms in total. The molecule has 3 aromatic rings. The van der Waals surface area contributed by atoms with Crippen molar-refractivity contribution in [2.24, 2.45) is 0 Å². The minimum Gasteiger partial charge on any atom is -0.478 e. The van der Waals surface area contributed by atoms with Gasteiger partial charge >= 0.3 is 5.97 Å². The van der Waals surface area contributed by atoms with Gasteiger partial charge in [0.25, 0.3) is 0 Å². The number of aliphatic hydroxyl groups is 1. The van der Waals surface area contributed by atoms with E-state index < -0.39 is 12.1 Å². The molecule has 0 spiro atoms. The Kier molecular flexibility index (Phi) is 3.66. The van der Waals surface area contributed by atoms with Crippen molar-refractivity contribution < 1.29 is 19.4 Å². The van der Waals surface area contributed by atoms with Gasteiger partial charge in [-0.1, -0.05) is 6.92 Å². The number of hydrogen-bond donors (Lipinski definition) is 2. The highest BCUT2D eigenvalue weighted by molar-refractivity contribution is 5.96. The van der Waals surface area contributed by atoms with Crippen LogP contribution in [-0.2, 0) is 6.42 Å². The van der Waals surface area contributed by atoms with Gasteiger partial charge in [-0.2, -0.15) is 0 Å². The highest BCUT2D eigenvalue weighted by Crippen LogP contribution is 2.26. The van der Waals surface area contributed by atoms with Crippen LogP contribution in [-0.4, -0.2) is 16.2 Å². The van der Waals surface area contributed by atoms with Crippen molar-refractivity contribution in [1.82, 2.24) is 0 Å². The number of carboxylic acids is 1. The molecule has 0 radical (unpaired) electrons. The zero-order valence-corrected chi connectivity index (χ0v) is 12.8. The number of aryl methyl sites for hydroxylation is 1. The molecule has 0 aliphatic carbocycles. The Morgan fingerprint density at radius 1 is 1.22 bits per heavy atom. The summed E-state index contributed by atoms with van der Waals surface area (Å²) in [7, 11) is 0. The van der Waals surface area contributed by atoms with E-state index in [0.29, 0.717) is 28.5 Å². The number of carboxylic acid groups (broad SMARTS) is 1. The van der Waals surface area contributed by atoms with Crippen LogP contribution in [0, 0.1) is 0 Å². The third kappa shape index (κ3) is 2.49. The van der Waals surface area contributed by atoms with Crippen molar-refractivity contribution in [3.05, 3.63) is 57.2 Å². The van der Waals surface area contributed by atoms with Crippen LogP contribution < -0.4 is 5.43 Å². The van der Waals surface area contributed by atoms with Gasteiger partial charge in [-0.15, -0.1) is 0 Å². The largest absolute Gasteiger partial charge is 0.478 e. The highest BCUT2D eigenvalue weighted by Gasteiger charge is 2.15. The lowest BCUT2D eigenvalue weighted by Crippen LogP contribution is -2.07. The lowest BCUT2D eigenvalue weighted by Gasteiger charge is -2.11. The minimum atomic E-state index is -1.10. The van der Waals surface area contributed by atoms with Crippen molar-refractivity contribution in [2.75, 3.05) is 0 Å². The summed E-state index contributed by atoms with van der Waals surface area (Å²) in [6.45, 7) is 3.57. The first-order valence-electron chi connectivity index (χ1n) is 7.37. The summed E-state index contributed by atoms with van der Waals surface area (Å²) < 4.78 is 5.84. The molecular formula is C18H16O5. The maximum atomic E-state index is 12.8. The molecule has 118 valence electrons. The van der Waals surface area contributed by atoms with Gasteiger partial charge in [0, 0.05) is 0 Å². The number of hydrogen-bond acceptors (Lipinski definition) is 4. The van der Waals surface area contributed by atoms with E-state index in [1.165, 1.54) is 18.2 Å². The maximum Gasteiger partial charge on any atom is 0.335 e. The fraction of sp³-hybridized carbons (Fsp3) is 0.222. The highest BCUT2D eigenvalue weighted by atomic mass is 16.4. The summed E-state index contributed by atoms with van der Waals surface area (Å²) in [6, 6.07) is 7.67. The second-order valence-electron chi connectivity index (χ2n) is 5.53. The predicted octanol–water partition coefficient (Wildman–Crippen LogP) is 3.26. The summed E-state index contributed by atoms with van der Waals surface area (Å²) >= 11 is 0. The van der Waals surface area contributed by atoms with Crippen molar-refractivity contribution in [2.45, 2.75) is 26.4 Å². The molecule has 1 aromatic heterocycles. The number of benzene rings is 2. The van der Waals surface area contributed by atoms with Gasteiger partial charge in [0.1, 0.15) is 11.2 Å². The van der Waals surface area contributed by atoms with Gasteiger partial charge in [-0.25, -0.2) is 4.79 Å². The SMILES string of the molecule is CCc1cc(C(C)O)cc2c(=O)c3cc(C(=O)O)ccc3oc12. The van der Waals surface area contributed by atoms with Gasteiger partial charge in [0.15, 0.2) is 0 Å². The van der Waals surface area contributed by atoms with Crippen molar-refractivity contribution >= 4 is 27.9 Å². The number of fused-ring (bicyclic) bond motifs is 2. The molecule has 3 rings (SSSR count). The van der Waals surface area contributed by atoms with Gasteiger partial charge < -0.3 is 14.6 Å². The molecule has 5 heteroatoms. The monoisotopic (exact) mass is 312 g/mol. The molecule has 0 aliphatic heterocycles. The fourth-order valence-electron chi connectivity index (χ4n) is 2.69. The Bertz CT molecular complexity index is 982. The number of aliphatic hydroxyl groups excluding tert-OH is 1. The van der Waals surface area contributed by atoms with Gasteiger partial charge in [-0.3, -0.25) is 4.79 Å². The first-order chi connectivity index (χ1) is 10.9. The molecule has 2 aromatic carbocycles. The molecule has 0 saturated heterocycles. The normalized spacial score (nSPS) is 12.7. The average Bonchev–Trinajstić information content (AvgIpc) is 2.53. The van der Waals surface area contributed by atoms with E-state index in [9.17, 15) is 14.7 Å². The van der Waals surface area contributed by atoms with Crippen molar-refractivity contribution in [3.63, 3.8) is 0 Å². The molecule has 0 bridgehead atoms. The lowest BCUT2D eigenvalue weighted by molar-refractivity contribution is 0.0697. The zero-order valence-electron chi connectivity index (χ0n) is 12.8. The number of rotatable bonds is 3. The van der Waals surface area contributed by atoms with Crippen LogP contribution in [0.3, 0.4) is 0 Å². The van der Waals surface area contributed by atoms with E-state index in [1.54, 1.807) is 13.0 Å². The molecule has 0 fully saturated rings. The Balaban J connectivity index is 2.45. The summed E-state index contributed by atoms with van der Waals surface area (Å²) in [5.74, 6) is -1.10. The summed E-state index contributed by atoms with van der Waals surface area (Å²) in [4.78, 5) is 23.9. The third-order valence-corrected chi connectivity index (χ3v) is 3.98. The van der Waals surface area contributed by atoms with E-state index >= 15 is 0 Å². The molecular weight excluding hydrogens is 296 g/mol. The zero-order chi connectivity index (χ0) is 16.7. The van der Waals surface area contributed by atoms with Gasteiger partial charge in [-0.05, 0) is 54.8 Å². The van der Waals surface area contributed by atoms with Crippen molar-refractivity contribution in [1.29, 1.82) is 0 Å². The smallest absolute Gasteiger partial charge is 0.335 e. The minimum absolute atomic E-state index is 0.0338. The summed E-state index contributed by atoms with van der Waals surface area (Å²) in [5.41, 5.74) is 2.05. The Hall–Kier alpha value is -2.66. The molecule has 0 saturated carbocycles. The molecule has 1 atom stereocenters. The Morgan fingerprint density at radius 2 is 1.96 bits per heavy atom. The topological polar surface area (TPSA) is 87.7 Å². The second kappa shape index (κ2) is 5.52. The fourth-order valence-corrected chi connectivity index (χ4v) is 2.69. The van der Waals surface area contributed by atoms with E-state index in [2.05, 4.69) is 0 Å². The van der Waals surface area contributed by atoms with Gasteiger partial charge in [0.05, 0.1) is 22.4 Å². The molecule has 0 amide bonds. The Labute approximate surface area is 131 Å². The van der Waals surface area contributed by atoms with Gasteiger partial charge in [0.2, 0.25) is 5.43 Å².